The zero-order valence-corrected chi connectivity index (χ0v) is 12.3. The molecule has 3 rings (SSSR count). The highest BCUT2D eigenvalue weighted by Crippen LogP contribution is 2.51. The topological polar surface area (TPSA) is 0 Å². The van der Waals surface area contributed by atoms with Gasteiger partial charge in [0.25, 0.3) is 0 Å². The van der Waals surface area contributed by atoms with Gasteiger partial charge in [-0.25, -0.2) is 0 Å². The van der Waals surface area contributed by atoms with E-state index in [2.05, 4.69) is 70.2 Å². The second kappa shape index (κ2) is 4.23. The third-order valence-electron chi connectivity index (χ3n) is 4.78. The maximum atomic E-state index is 2.35. The van der Waals surface area contributed by atoms with Gasteiger partial charge in [0.2, 0.25) is 0 Å². The molecule has 98 valence electrons. The van der Waals surface area contributed by atoms with Crippen molar-refractivity contribution in [3.8, 4) is 11.1 Å². The molecule has 0 spiro atoms. The maximum Gasteiger partial charge on any atom is 0.0158 e. The standard InChI is InChI=1S/C19H22/c1-5-13(2)14-10-8-12-17-18(14)15-9-6-7-11-16(15)19(17,3)4/h6-13H,5H2,1-4H3. The molecule has 0 heterocycles. The average Bonchev–Trinajstić information content (AvgIpc) is 2.68. The molecule has 0 aromatic heterocycles. The minimum absolute atomic E-state index is 0.134. The molecule has 0 N–H and O–H groups in total. The summed E-state index contributed by atoms with van der Waals surface area (Å²) in [7, 11) is 0. The summed E-state index contributed by atoms with van der Waals surface area (Å²) in [4.78, 5) is 0. The van der Waals surface area contributed by atoms with Crippen LogP contribution in [-0.4, -0.2) is 0 Å². The van der Waals surface area contributed by atoms with Crippen molar-refractivity contribution in [2.75, 3.05) is 0 Å². The lowest BCUT2D eigenvalue weighted by atomic mass is 9.81. The molecule has 0 aliphatic heterocycles. The van der Waals surface area contributed by atoms with Gasteiger partial charge in [-0.15, -0.1) is 0 Å². The highest BCUT2D eigenvalue weighted by atomic mass is 14.4. The quantitative estimate of drug-likeness (QED) is 0.659. The zero-order valence-electron chi connectivity index (χ0n) is 12.3. The maximum absolute atomic E-state index is 2.35. The molecule has 0 radical (unpaired) electrons. The summed E-state index contributed by atoms with van der Waals surface area (Å²) < 4.78 is 0. The van der Waals surface area contributed by atoms with E-state index in [0.717, 1.165) is 0 Å². The summed E-state index contributed by atoms with van der Waals surface area (Å²) in [6, 6.07) is 15.7. The van der Waals surface area contributed by atoms with E-state index in [1.165, 1.54) is 34.2 Å². The van der Waals surface area contributed by atoms with Crippen LogP contribution in [0.15, 0.2) is 42.5 Å². The largest absolute Gasteiger partial charge is 0.0648 e. The Morgan fingerprint density at radius 3 is 2.37 bits per heavy atom. The van der Waals surface area contributed by atoms with Crippen LogP contribution in [0.2, 0.25) is 0 Å². The van der Waals surface area contributed by atoms with Crippen molar-refractivity contribution in [1.82, 2.24) is 0 Å². The van der Waals surface area contributed by atoms with Crippen LogP contribution in [0, 0.1) is 0 Å². The second-order valence-electron chi connectivity index (χ2n) is 6.25. The van der Waals surface area contributed by atoms with E-state index in [0.29, 0.717) is 5.92 Å². The lowest BCUT2D eigenvalue weighted by Gasteiger charge is -2.22. The van der Waals surface area contributed by atoms with E-state index >= 15 is 0 Å². The lowest BCUT2D eigenvalue weighted by Crippen LogP contribution is -2.14. The van der Waals surface area contributed by atoms with Gasteiger partial charge in [-0.1, -0.05) is 70.2 Å². The molecule has 0 bridgehead atoms. The summed E-state index contributed by atoms with van der Waals surface area (Å²) in [6.45, 7) is 9.30. The van der Waals surface area contributed by atoms with Crippen molar-refractivity contribution in [1.29, 1.82) is 0 Å². The van der Waals surface area contributed by atoms with Crippen LogP contribution < -0.4 is 0 Å². The molecular weight excluding hydrogens is 228 g/mol. The summed E-state index contributed by atoms with van der Waals surface area (Å²) in [5.74, 6) is 0.622. The van der Waals surface area contributed by atoms with Crippen LogP contribution in [0.4, 0.5) is 0 Å². The first-order chi connectivity index (χ1) is 9.07. The van der Waals surface area contributed by atoms with E-state index < -0.39 is 0 Å². The summed E-state index contributed by atoms with van der Waals surface area (Å²) in [5, 5.41) is 0. The molecule has 0 fully saturated rings. The monoisotopic (exact) mass is 250 g/mol. The molecule has 1 atom stereocenters. The highest BCUT2D eigenvalue weighted by Gasteiger charge is 2.36. The molecule has 0 saturated carbocycles. The molecule has 0 amide bonds. The Morgan fingerprint density at radius 1 is 0.947 bits per heavy atom. The van der Waals surface area contributed by atoms with Crippen molar-refractivity contribution in [2.24, 2.45) is 0 Å². The van der Waals surface area contributed by atoms with Crippen LogP contribution in [0.5, 0.6) is 0 Å². The third kappa shape index (κ3) is 1.66. The van der Waals surface area contributed by atoms with Gasteiger partial charge in [0.1, 0.15) is 0 Å². The van der Waals surface area contributed by atoms with Gasteiger partial charge >= 0.3 is 0 Å². The van der Waals surface area contributed by atoms with Crippen molar-refractivity contribution in [2.45, 2.75) is 45.4 Å². The Hall–Kier alpha value is -1.56. The highest BCUT2D eigenvalue weighted by molar-refractivity contribution is 5.83. The van der Waals surface area contributed by atoms with E-state index in [1.807, 2.05) is 0 Å². The Morgan fingerprint density at radius 2 is 1.63 bits per heavy atom. The van der Waals surface area contributed by atoms with E-state index in [1.54, 1.807) is 0 Å². The Kier molecular flexibility index (Phi) is 2.78. The van der Waals surface area contributed by atoms with Gasteiger partial charge in [0, 0.05) is 5.41 Å². The number of hydrogen-bond acceptors (Lipinski definition) is 0. The molecule has 2 aromatic carbocycles. The van der Waals surface area contributed by atoms with Crippen LogP contribution in [0.3, 0.4) is 0 Å². The van der Waals surface area contributed by atoms with Crippen LogP contribution in [0.25, 0.3) is 11.1 Å². The predicted octanol–water partition coefficient (Wildman–Crippen LogP) is 5.51. The van der Waals surface area contributed by atoms with Gasteiger partial charge in [0.15, 0.2) is 0 Å². The molecule has 0 heteroatoms. The normalized spacial score (nSPS) is 16.8. The predicted molar refractivity (Wildman–Crippen MR) is 82.7 cm³/mol. The first-order valence-corrected chi connectivity index (χ1v) is 7.30. The van der Waals surface area contributed by atoms with Crippen LogP contribution >= 0.6 is 0 Å². The number of benzene rings is 2. The van der Waals surface area contributed by atoms with Crippen molar-refractivity contribution in [3.63, 3.8) is 0 Å². The fourth-order valence-corrected chi connectivity index (χ4v) is 3.41. The third-order valence-corrected chi connectivity index (χ3v) is 4.78. The SMILES string of the molecule is CCC(C)c1cccc2c1-c1ccccc1C2(C)C. The molecular formula is C19H22. The Bertz CT molecular complexity index is 620. The molecule has 19 heavy (non-hydrogen) atoms. The van der Waals surface area contributed by atoms with Gasteiger partial charge < -0.3 is 0 Å². The van der Waals surface area contributed by atoms with Gasteiger partial charge in [-0.3, -0.25) is 0 Å². The first-order valence-electron chi connectivity index (χ1n) is 7.30. The molecule has 1 aliphatic carbocycles. The number of fused-ring (bicyclic) bond motifs is 3. The molecule has 0 nitrogen and oxygen atoms in total. The minimum Gasteiger partial charge on any atom is -0.0648 e. The minimum atomic E-state index is 0.134. The fraction of sp³-hybridized carbons (Fsp3) is 0.368. The summed E-state index contributed by atoms with van der Waals surface area (Å²) in [6.07, 6.45) is 1.19. The van der Waals surface area contributed by atoms with Gasteiger partial charge in [0.05, 0.1) is 0 Å². The Balaban J connectivity index is 2.34. The average molecular weight is 250 g/mol. The van der Waals surface area contributed by atoms with Gasteiger partial charge in [-0.05, 0) is 40.2 Å². The lowest BCUT2D eigenvalue weighted by molar-refractivity contribution is 0.658. The zero-order chi connectivity index (χ0) is 13.6. The van der Waals surface area contributed by atoms with Crippen molar-refractivity contribution < 1.29 is 0 Å². The van der Waals surface area contributed by atoms with E-state index in [-0.39, 0.29) is 5.41 Å². The first kappa shape index (κ1) is 12.5. The van der Waals surface area contributed by atoms with Gasteiger partial charge in [-0.2, -0.15) is 0 Å². The smallest absolute Gasteiger partial charge is 0.0158 e. The van der Waals surface area contributed by atoms with E-state index in [9.17, 15) is 0 Å². The second-order valence-corrected chi connectivity index (χ2v) is 6.25. The fourth-order valence-electron chi connectivity index (χ4n) is 3.41. The number of rotatable bonds is 2. The van der Waals surface area contributed by atoms with Crippen molar-refractivity contribution >= 4 is 0 Å². The molecule has 2 aromatic rings. The van der Waals surface area contributed by atoms with Crippen LogP contribution in [-0.2, 0) is 5.41 Å². The summed E-state index contributed by atoms with van der Waals surface area (Å²) in [5.41, 5.74) is 7.55. The summed E-state index contributed by atoms with van der Waals surface area (Å²) >= 11 is 0. The van der Waals surface area contributed by atoms with Crippen LogP contribution in [0.1, 0.15) is 56.7 Å². The molecule has 0 saturated heterocycles. The molecule has 1 aliphatic rings. The molecule has 1 unspecified atom stereocenters. The Labute approximate surface area is 116 Å². The van der Waals surface area contributed by atoms with E-state index in [4.69, 9.17) is 0 Å². The number of hydrogen-bond donors (Lipinski definition) is 0. The van der Waals surface area contributed by atoms with Crippen molar-refractivity contribution in [3.05, 3.63) is 59.2 Å².